The Morgan fingerprint density at radius 2 is 1.86 bits per heavy atom. The van der Waals surface area contributed by atoms with Crippen molar-refractivity contribution in [3.63, 3.8) is 0 Å². The number of Topliss-reactive ketones (excluding diaryl/α,β-unsaturated/α-hetero) is 1. The maximum absolute atomic E-state index is 12.1. The molecule has 0 radical (unpaired) electrons. The van der Waals surface area contributed by atoms with E-state index in [1.165, 1.54) is 11.8 Å². The van der Waals surface area contributed by atoms with Crippen molar-refractivity contribution in [2.75, 3.05) is 5.75 Å². The molecule has 2 aromatic rings. The molecule has 0 saturated carbocycles. The molecule has 3 nitrogen and oxygen atoms in total. The standard InChI is InChI=1S/C16H11BrN2OS2/c17-13-6-4-12(5-7-13)15(20)11-22-16(21)14(10-18)19-8-2-1-3-9-19/h1-9H,11H2. The molecule has 0 bridgehead atoms. The van der Waals surface area contributed by atoms with Gasteiger partial charge in [0.2, 0.25) is 0 Å². The first-order valence-electron chi connectivity index (χ1n) is 6.31. The zero-order valence-electron chi connectivity index (χ0n) is 11.4. The van der Waals surface area contributed by atoms with E-state index >= 15 is 0 Å². The average Bonchev–Trinajstić information content (AvgIpc) is 2.55. The summed E-state index contributed by atoms with van der Waals surface area (Å²) in [7, 11) is 0. The third-order valence-corrected chi connectivity index (χ3v) is 4.71. The Kier molecular flexibility index (Phi) is 6.13. The number of pyridine rings is 1. The molecule has 0 aliphatic rings. The van der Waals surface area contributed by atoms with Crippen LogP contribution in [0.3, 0.4) is 0 Å². The summed E-state index contributed by atoms with van der Waals surface area (Å²) >= 11 is 9.80. The third-order valence-electron chi connectivity index (χ3n) is 2.77. The quantitative estimate of drug-likeness (QED) is 0.339. The molecule has 0 N–H and O–H groups in total. The van der Waals surface area contributed by atoms with Gasteiger partial charge in [0.15, 0.2) is 24.2 Å². The minimum absolute atomic E-state index is 0.0183. The molecule has 0 atom stereocenters. The van der Waals surface area contributed by atoms with Gasteiger partial charge in [0.25, 0.3) is 5.70 Å². The zero-order valence-corrected chi connectivity index (χ0v) is 14.6. The lowest BCUT2D eigenvalue weighted by Crippen LogP contribution is -2.31. The van der Waals surface area contributed by atoms with Crippen LogP contribution in [0.15, 0.2) is 63.6 Å². The van der Waals surface area contributed by atoms with E-state index in [2.05, 4.69) is 22.0 Å². The van der Waals surface area contributed by atoms with Crippen LogP contribution in [0.2, 0.25) is 0 Å². The third kappa shape index (κ3) is 4.41. The molecule has 0 aliphatic heterocycles. The second-order valence-corrected chi connectivity index (χ2v) is 6.82. The zero-order chi connectivity index (χ0) is 15.9. The molecule has 0 saturated heterocycles. The van der Waals surface area contributed by atoms with Gasteiger partial charge in [-0.2, -0.15) is 9.83 Å². The van der Waals surface area contributed by atoms with Crippen molar-refractivity contribution in [2.45, 2.75) is 0 Å². The minimum atomic E-state index is -0.0183. The van der Waals surface area contributed by atoms with Gasteiger partial charge in [-0.15, -0.1) is 11.8 Å². The SMILES string of the molecule is N#CC(=C([S-])SCC(=O)c1ccc(Br)cc1)[n+]1ccccc1. The summed E-state index contributed by atoms with van der Waals surface area (Å²) in [5.41, 5.74) is 0.980. The van der Waals surface area contributed by atoms with E-state index in [0.29, 0.717) is 15.5 Å². The van der Waals surface area contributed by atoms with Crippen molar-refractivity contribution in [3.05, 3.63) is 69.1 Å². The molecule has 2 rings (SSSR count). The molecular weight excluding hydrogens is 380 g/mol. The number of carbonyl (C=O) groups is 1. The summed E-state index contributed by atoms with van der Waals surface area (Å²) in [5.74, 6) is 0.189. The number of aromatic nitrogens is 1. The van der Waals surface area contributed by atoms with Gasteiger partial charge in [-0.3, -0.25) is 4.79 Å². The van der Waals surface area contributed by atoms with Crippen molar-refractivity contribution in [1.29, 1.82) is 5.26 Å². The second kappa shape index (κ2) is 8.08. The highest BCUT2D eigenvalue weighted by Crippen LogP contribution is 2.20. The molecular formula is C16H11BrN2OS2. The summed E-state index contributed by atoms with van der Waals surface area (Å²) < 4.78 is 2.98. The van der Waals surface area contributed by atoms with Gasteiger partial charge in [-0.25, -0.2) is 0 Å². The number of carbonyl (C=O) groups excluding carboxylic acids is 1. The predicted molar refractivity (Wildman–Crippen MR) is 93.8 cm³/mol. The maximum atomic E-state index is 12.1. The Morgan fingerprint density at radius 1 is 1.23 bits per heavy atom. The Bertz CT molecular complexity index is 737. The fourth-order valence-electron chi connectivity index (χ4n) is 1.68. The molecule has 0 aliphatic carbocycles. The first-order valence-corrected chi connectivity index (χ1v) is 8.50. The number of hydrogen-bond acceptors (Lipinski definition) is 4. The Labute approximate surface area is 147 Å². The highest BCUT2D eigenvalue weighted by molar-refractivity contribution is 9.10. The predicted octanol–water partition coefficient (Wildman–Crippen LogP) is 3.55. The first kappa shape index (κ1) is 16.7. The van der Waals surface area contributed by atoms with E-state index in [9.17, 15) is 10.1 Å². The van der Waals surface area contributed by atoms with Crippen LogP contribution in [0.4, 0.5) is 0 Å². The van der Waals surface area contributed by atoms with Gasteiger partial charge in [0.1, 0.15) is 0 Å². The number of halogens is 1. The molecule has 0 amide bonds. The van der Waals surface area contributed by atoms with Crippen molar-refractivity contribution >= 4 is 51.8 Å². The highest BCUT2D eigenvalue weighted by Gasteiger charge is 2.11. The molecule has 0 spiro atoms. The largest absolute Gasteiger partial charge is 0.766 e. The summed E-state index contributed by atoms with van der Waals surface area (Å²) in [6, 6.07) is 14.7. The van der Waals surface area contributed by atoms with E-state index in [4.69, 9.17) is 12.6 Å². The van der Waals surface area contributed by atoms with Crippen LogP contribution >= 0.6 is 27.7 Å². The number of ketones is 1. The number of nitrogens with zero attached hydrogens (tertiary/aromatic N) is 2. The second-order valence-electron chi connectivity index (χ2n) is 4.25. The molecule has 0 unspecified atom stereocenters. The lowest BCUT2D eigenvalue weighted by Gasteiger charge is -2.10. The van der Waals surface area contributed by atoms with Gasteiger partial charge in [0, 0.05) is 22.2 Å². The van der Waals surface area contributed by atoms with E-state index in [0.717, 1.165) is 4.47 Å². The fraction of sp³-hybridized carbons (Fsp3) is 0.0625. The van der Waals surface area contributed by atoms with Crippen LogP contribution in [0.5, 0.6) is 0 Å². The van der Waals surface area contributed by atoms with E-state index in [1.54, 1.807) is 29.1 Å². The van der Waals surface area contributed by atoms with Crippen LogP contribution in [0.25, 0.3) is 5.70 Å². The maximum Gasteiger partial charge on any atom is 0.275 e. The molecule has 1 aromatic carbocycles. The molecule has 1 aromatic heterocycles. The first-order chi connectivity index (χ1) is 10.6. The number of nitriles is 1. The van der Waals surface area contributed by atoms with Gasteiger partial charge >= 0.3 is 0 Å². The van der Waals surface area contributed by atoms with E-state index in [-0.39, 0.29) is 11.5 Å². The lowest BCUT2D eigenvalue weighted by atomic mass is 10.2. The average molecular weight is 391 g/mol. The number of allylic oxidation sites excluding steroid dienone is 1. The van der Waals surface area contributed by atoms with Crippen LogP contribution in [-0.4, -0.2) is 11.5 Å². The number of hydrogen-bond donors (Lipinski definition) is 0. The minimum Gasteiger partial charge on any atom is -0.766 e. The molecule has 6 heteroatoms. The number of benzene rings is 1. The van der Waals surface area contributed by atoms with Gasteiger partial charge < -0.3 is 12.6 Å². The van der Waals surface area contributed by atoms with Gasteiger partial charge in [-0.1, -0.05) is 38.4 Å². The summed E-state index contributed by atoms with van der Waals surface area (Å²) in [6.45, 7) is 0. The Balaban J connectivity index is 2.09. The molecule has 110 valence electrons. The number of rotatable bonds is 5. The van der Waals surface area contributed by atoms with E-state index in [1.807, 2.05) is 30.3 Å². The Morgan fingerprint density at radius 3 is 2.45 bits per heavy atom. The van der Waals surface area contributed by atoms with Crippen LogP contribution in [0, 0.1) is 11.3 Å². The van der Waals surface area contributed by atoms with Crippen LogP contribution in [0.1, 0.15) is 10.4 Å². The lowest BCUT2D eigenvalue weighted by molar-refractivity contribution is -0.577. The molecule has 22 heavy (non-hydrogen) atoms. The normalized spacial score (nSPS) is 11.5. The topological polar surface area (TPSA) is 44.7 Å². The van der Waals surface area contributed by atoms with Crippen molar-refractivity contribution in [3.8, 4) is 6.07 Å². The highest BCUT2D eigenvalue weighted by atomic mass is 79.9. The van der Waals surface area contributed by atoms with Crippen molar-refractivity contribution in [2.24, 2.45) is 0 Å². The van der Waals surface area contributed by atoms with Crippen LogP contribution in [-0.2, 0) is 12.6 Å². The van der Waals surface area contributed by atoms with E-state index < -0.39 is 0 Å². The van der Waals surface area contributed by atoms with Gasteiger partial charge in [0.05, 0.1) is 5.75 Å². The smallest absolute Gasteiger partial charge is 0.275 e. The Hall–Kier alpha value is -1.68. The number of thioether (sulfide) groups is 1. The van der Waals surface area contributed by atoms with Crippen molar-refractivity contribution < 1.29 is 9.36 Å². The fourth-order valence-corrected chi connectivity index (χ4v) is 2.98. The summed E-state index contributed by atoms with van der Waals surface area (Å²) in [5, 5.41) is 9.26. The molecule has 1 heterocycles. The summed E-state index contributed by atoms with van der Waals surface area (Å²) in [6.07, 6.45) is 3.50. The van der Waals surface area contributed by atoms with Crippen molar-refractivity contribution in [1.82, 2.24) is 0 Å². The summed E-state index contributed by atoms with van der Waals surface area (Å²) in [4.78, 5) is 12.1. The van der Waals surface area contributed by atoms with Gasteiger partial charge in [-0.05, 0) is 12.1 Å². The molecule has 0 fully saturated rings. The van der Waals surface area contributed by atoms with Crippen LogP contribution < -0.4 is 4.57 Å². The monoisotopic (exact) mass is 390 g/mol.